The Kier molecular flexibility index (Phi) is 6.01. The summed E-state index contributed by atoms with van der Waals surface area (Å²) in [6.07, 6.45) is 3.12. The predicted octanol–water partition coefficient (Wildman–Crippen LogP) is 3.13. The van der Waals surface area contributed by atoms with Gasteiger partial charge in [0.25, 0.3) is 5.91 Å². The molecule has 29 heavy (non-hydrogen) atoms. The van der Waals surface area contributed by atoms with Crippen LogP contribution < -0.4 is 14.2 Å². The fourth-order valence-electron chi connectivity index (χ4n) is 3.03. The Bertz CT molecular complexity index is 971. The quantitative estimate of drug-likeness (QED) is 0.611. The van der Waals surface area contributed by atoms with E-state index < -0.39 is 0 Å². The minimum absolute atomic E-state index is 0.162. The highest BCUT2D eigenvalue weighted by Gasteiger charge is 2.24. The number of carbonyl (C=O) groups excluding carboxylic acids is 1. The molecule has 1 aromatic heterocycles. The lowest BCUT2D eigenvalue weighted by Crippen LogP contribution is -2.30. The minimum Gasteiger partial charge on any atom is -0.496 e. The van der Waals surface area contributed by atoms with Crippen molar-refractivity contribution in [2.45, 2.75) is 13.0 Å². The first-order valence-corrected chi connectivity index (χ1v) is 9.02. The van der Waals surface area contributed by atoms with Gasteiger partial charge in [0.1, 0.15) is 18.4 Å². The molecule has 152 valence electrons. The van der Waals surface area contributed by atoms with Gasteiger partial charge in [-0.05, 0) is 24.6 Å². The maximum atomic E-state index is 13.2. The zero-order valence-corrected chi connectivity index (χ0v) is 17.1. The van der Waals surface area contributed by atoms with Crippen molar-refractivity contribution in [2.24, 2.45) is 0 Å². The van der Waals surface area contributed by atoms with Crippen LogP contribution in [0.25, 0.3) is 5.69 Å². The molecule has 0 radical (unpaired) electrons. The van der Waals surface area contributed by atoms with Crippen molar-refractivity contribution in [3.8, 4) is 22.9 Å². The first kappa shape index (κ1) is 20.2. The summed E-state index contributed by atoms with van der Waals surface area (Å²) in [5.74, 6) is 1.21. The number of hydrogen-bond donors (Lipinski definition) is 0. The third-order valence-electron chi connectivity index (χ3n) is 4.90. The Balaban J connectivity index is 1.86. The van der Waals surface area contributed by atoms with Crippen molar-refractivity contribution in [3.63, 3.8) is 0 Å². The van der Waals surface area contributed by atoms with Crippen molar-refractivity contribution >= 4 is 5.91 Å². The van der Waals surface area contributed by atoms with Crippen LogP contribution in [-0.2, 0) is 0 Å². The minimum atomic E-state index is -0.185. The molecule has 0 spiro atoms. The largest absolute Gasteiger partial charge is 0.496 e. The molecule has 2 aromatic carbocycles. The van der Waals surface area contributed by atoms with Crippen molar-refractivity contribution in [1.29, 1.82) is 0 Å². The van der Waals surface area contributed by atoms with Gasteiger partial charge in [-0.3, -0.25) is 4.79 Å². The second-order valence-electron chi connectivity index (χ2n) is 6.43. The molecular weight excluding hydrogens is 372 g/mol. The average molecular weight is 396 g/mol. The summed E-state index contributed by atoms with van der Waals surface area (Å²) >= 11 is 0. The molecule has 1 amide bonds. The van der Waals surface area contributed by atoms with Gasteiger partial charge in [-0.1, -0.05) is 12.1 Å². The molecular formula is C21H24N4O4. The van der Waals surface area contributed by atoms with E-state index in [2.05, 4.69) is 10.1 Å². The van der Waals surface area contributed by atoms with Crippen LogP contribution in [0.2, 0.25) is 0 Å². The number of amides is 1. The molecule has 8 heteroatoms. The van der Waals surface area contributed by atoms with E-state index in [1.807, 2.05) is 31.2 Å². The van der Waals surface area contributed by atoms with Crippen LogP contribution in [-0.4, -0.2) is 53.9 Å². The van der Waals surface area contributed by atoms with E-state index in [9.17, 15) is 4.79 Å². The maximum absolute atomic E-state index is 13.2. The second kappa shape index (κ2) is 8.64. The van der Waals surface area contributed by atoms with Gasteiger partial charge in [0.05, 0.1) is 38.6 Å². The summed E-state index contributed by atoms with van der Waals surface area (Å²) < 4.78 is 17.7. The smallest absolute Gasteiger partial charge is 0.258 e. The Labute approximate surface area is 169 Å². The third kappa shape index (κ3) is 4.01. The lowest BCUT2D eigenvalue weighted by atomic mass is 10.0. The summed E-state index contributed by atoms with van der Waals surface area (Å²) in [5.41, 5.74) is 2.29. The SMILES string of the molecule is COc1cc(OC)c(C(=O)N(C)[C@@H](C)c2ccc(-n3cncn3)cc2)cc1OC. The van der Waals surface area contributed by atoms with Gasteiger partial charge in [0.2, 0.25) is 0 Å². The summed E-state index contributed by atoms with van der Waals surface area (Å²) in [5, 5.41) is 4.12. The van der Waals surface area contributed by atoms with Gasteiger partial charge >= 0.3 is 0 Å². The highest BCUT2D eigenvalue weighted by molar-refractivity contribution is 5.98. The van der Waals surface area contributed by atoms with Crippen molar-refractivity contribution in [2.75, 3.05) is 28.4 Å². The molecule has 3 rings (SSSR count). The number of aromatic nitrogens is 3. The van der Waals surface area contributed by atoms with Crippen LogP contribution in [0.1, 0.15) is 28.9 Å². The molecule has 0 aliphatic rings. The summed E-state index contributed by atoms with van der Waals surface area (Å²) in [7, 11) is 6.34. The lowest BCUT2D eigenvalue weighted by Gasteiger charge is -2.26. The molecule has 0 saturated carbocycles. The number of rotatable bonds is 7. The Morgan fingerprint density at radius 1 is 1.00 bits per heavy atom. The molecule has 8 nitrogen and oxygen atoms in total. The van der Waals surface area contributed by atoms with E-state index in [1.54, 1.807) is 35.1 Å². The van der Waals surface area contributed by atoms with Gasteiger partial charge < -0.3 is 19.1 Å². The first-order chi connectivity index (χ1) is 14.0. The number of benzene rings is 2. The monoisotopic (exact) mass is 396 g/mol. The Morgan fingerprint density at radius 2 is 1.62 bits per heavy atom. The Hall–Kier alpha value is -3.55. The topological polar surface area (TPSA) is 78.7 Å². The predicted molar refractivity (Wildman–Crippen MR) is 108 cm³/mol. The fraction of sp³-hybridized carbons (Fsp3) is 0.286. The standard InChI is InChI=1S/C21H24N4O4/c1-14(15-6-8-16(9-7-15)25-13-22-12-23-25)24(2)21(26)17-10-19(28-4)20(29-5)11-18(17)27-3/h6-14H,1-5H3/t14-/m0/s1. The molecule has 0 N–H and O–H groups in total. The number of methoxy groups -OCH3 is 3. The zero-order valence-electron chi connectivity index (χ0n) is 17.1. The molecule has 1 atom stereocenters. The zero-order chi connectivity index (χ0) is 21.0. The summed E-state index contributed by atoms with van der Waals surface area (Å²) in [4.78, 5) is 18.8. The molecule has 0 unspecified atom stereocenters. The van der Waals surface area contributed by atoms with Crippen LogP contribution in [0.15, 0.2) is 49.1 Å². The number of nitrogens with zero attached hydrogens (tertiary/aromatic N) is 4. The van der Waals surface area contributed by atoms with Crippen LogP contribution in [0.5, 0.6) is 17.2 Å². The van der Waals surface area contributed by atoms with E-state index >= 15 is 0 Å². The number of carbonyl (C=O) groups is 1. The lowest BCUT2D eigenvalue weighted by molar-refractivity contribution is 0.0738. The van der Waals surface area contributed by atoms with E-state index in [1.165, 1.54) is 27.7 Å². The van der Waals surface area contributed by atoms with Crippen molar-refractivity contribution in [1.82, 2.24) is 19.7 Å². The fourth-order valence-corrected chi connectivity index (χ4v) is 3.03. The van der Waals surface area contributed by atoms with Crippen LogP contribution in [0.3, 0.4) is 0 Å². The molecule has 0 fully saturated rings. The van der Waals surface area contributed by atoms with Gasteiger partial charge in [-0.25, -0.2) is 9.67 Å². The highest BCUT2D eigenvalue weighted by atomic mass is 16.5. The van der Waals surface area contributed by atoms with Gasteiger partial charge in [0, 0.05) is 19.2 Å². The Morgan fingerprint density at radius 3 is 2.17 bits per heavy atom. The van der Waals surface area contributed by atoms with Gasteiger partial charge in [0.15, 0.2) is 11.5 Å². The summed E-state index contributed by atoms with van der Waals surface area (Å²) in [6.45, 7) is 1.97. The number of ether oxygens (including phenoxy) is 3. The van der Waals surface area contributed by atoms with E-state index in [-0.39, 0.29) is 11.9 Å². The van der Waals surface area contributed by atoms with Crippen LogP contribution in [0.4, 0.5) is 0 Å². The van der Waals surface area contributed by atoms with Gasteiger partial charge in [-0.15, -0.1) is 0 Å². The first-order valence-electron chi connectivity index (χ1n) is 9.02. The van der Waals surface area contributed by atoms with E-state index in [0.717, 1.165) is 11.3 Å². The molecule has 0 aliphatic carbocycles. The van der Waals surface area contributed by atoms with E-state index in [0.29, 0.717) is 22.8 Å². The van der Waals surface area contributed by atoms with Crippen molar-refractivity contribution < 1.29 is 19.0 Å². The normalized spacial score (nSPS) is 11.6. The molecule has 1 heterocycles. The highest BCUT2D eigenvalue weighted by Crippen LogP contribution is 2.36. The molecule has 0 aliphatic heterocycles. The molecule has 3 aromatic rings. The number of hydrogen-bond acceptors (Lipinski definition) is 6. The maximum Gasteiger partial charge on any atom is 0.258 e. The van der Waals surface area contributed by atoms with Crippen LogP contribution in [0, 0.1) is 0 Å². The van der Waals surface area contributed by atoms with Crippen molar-refractivity contribution in [3.05, 3.63) is 60.2 Å². The second-order valence-corrected chi connectivity index (χ2v) is 6.43. The summed E-state index contributed by atoms with van der Waals surface area (Å²) in [6, 6.07) is 10.9. The third-order valence-corrected chi connectivity index (χ3v) is 4.90. The molecule has 0 bridgehead atoms. The average Bonchev–Trinajstić information content (AvgIpc) is 3.31. The molecule has 0 saturated heterocycles. The van der Waals surface area contributed by atoms with E-state index in [4.69, 9.17) is 14.2 Å². The van der Waals surface area contributed by atoms with Crippen LogP contribution >= 0.6 is 0 Å². The van der Waals surface area contributed by atoms with Gasteiger partial charge in [-0.2, -0.15) is 5.10 Å².